The van der Waals surface area contributed by atoms with Gasteiger partial charge in [0.1, 0.15) is 5.75 Å². The zero-order chi connectivity index (χ0) is 11.2. The average molecular weight is 325 g/mol. The van der Waals surface area contributed by atoms with Gasteiger partial charge in [-0.15, -0.1) is 0 Å². The zero-order valence-electron chi connectivity index (χ0n) is 8.77. The number of pyridine rings is 1. The number of ether oxygens (including phenoxy) is 1. The molecule has 0 aliphatic carbocycles. The van der Waals surface area contributed by atoms with E-state index in [1.165, 1.54) is 9.13 Å². The summed E-state index contributed by atoms with van der Waals surface area (Å²) in [6, 6.07) is 12.1. The van der Waals surface area contributed by atoms with Crippen LogP contribution in [0.2, 0.25) is 0 Å². The van der Waals surface area contributed by atoms with Gasteiger partial charge in [-0.1, -0.05) is 12.1 Å². The standard InChI is InChI=1S/C13H12INO/c14-12-4-1-5-13(9-12)16-8-6-11-3-2-7-15-10-11/h1-5,7,9-10H,6,8H2. The van der Waals surface area contributed by atoms with Crippen molar-refractivity contribution in [3.63, 3.8) is 0 Å². The predicted molar refractivity (Wildman–Crippen MR) is 72.6 cm³/mol. The smallest absolute Gasteiger partial charge is 0.120 e. The fourth-order valence-electron chi connectivity index (χ4n) is 1.39. The van der Waals surface area contributed by atoms with E-state index in [0.717, 1.165) is 12.2 Å². The highest BCUT2D eigenvalue weighted by Crippen LogP contribution is 2.14. The second-order valence-corrected chi connectivity index (χ2v) is 4.66. The fraction of sp³-hybridized carbons (Fsp3) is 0.154. The Kier molecular flexibility index (Phi) is 4.16. The van der Waals surface area contributed by atoms with Gasteiger partial charge < -0.3 is 4.74 Å². The van der Waals surface area contributed by atoms with Crippen molar-refractivity contribution in [2.24, 2.45) is 0 Å². The minimum absolute atomic E-state index is 0.686. The number of hydrogen-bond donors (Lipinski definition) is 0. The summed E-state index contributed by atoms with van der Waals surface area (Å²) in [6.45, 7) is 0.686. The molecule has 0 fully saturated rings. The van der Waals surface area contributed by atoms with Crippen LogP contribution in [0.1, 0.15) is 5.56 Å². The van der Waals surface area contributed by atoms with Crippen molar-refractivity contribution in [3.8, 4) is 5.75 Å². The molecular formula is C13H12INO. The Balaban J connectivity index is 1.85. The van der Waals surface area contributed by atoms with Crippen molar-refractivity contribution in [1.82, 2.24) is 4.98 Å². The molecule has 0 saturated heterocycles. The van der Waals surface area contributed by atoms with Crippen LogP contribution in [0.3, 0.4) is 0 Å². The molecule has 0 radical (unpaired) electrons. The van der Waals surface area contributed by atoms with E-state index < -0.39 is 0 Å². The second-order valence-electron chi connectivity index (χ2n) is 3.42. The van der Waals surface area contributed by atoms with Gasteiger partial charge in [0.25, 0.3) is 0 Å². The Morgan fingerprint density at radius 2 is 2.12 bits per heavy atom. The normalized spacial score (nSPS) is 10.1. The summed E-state index contributed by atoms with van der Waals surface area (Å²) in [5, 5.41) is 0. The number of nitrogens with zero attached hydrogens (tertiary/aromatic N) is 1. The molecule has 0 aliphatic rings. The van der Waals surface area contributed by atoms with Crippen molar-refractivity contribution < 1.29 is 4.74 Å². The second kappa shape index (κ2) is 5.84. The molecule has 0 atom stereocenters. The number of hydrogen-bond acceptors (Lipinski definition) is 2. The van der Waals surface area contributed by atoms with Crippen LogP contribution < -0.4 is 4.74 Å². The van der Waals surface area contributed by atoms with Crippen LogP contribution in [0.15, 0.2) is 48.8 Å². The first-order valence-electron chi connectivity index (χ1n) is 5.12. The van der Waals surface area contributed by atoms with Crippen molar-refractivity contribution in [2.75, 3.05) is 6.61 Å². The third kappa shape index (κ3) is 3.48. The molecule has 1 heterocycles. The first-order valence-corrected chi connectivity index (χ1v) is 6.20. The summed E-state index contributed by atoms with van der Waals surface area (Å²) in [6.07, 6.45) is 4.54. The van der Waals surface area contributed by atoms with E-state index in [-0.39, 0.29) is 0 Å². The van der Waals surface area contributed by atoms with Gasteiger partial charge in [0.2, 0.25) is 0 Å². The molecule has 0 N–H and O–H groups in total. The molecule has 2 rings (SSSR count). The molecule has 16 heavy (non-hydrogen) atoms. The minimum atomic E-state index is 0.686. The third-order valence-corrected chi connectivity index (χ3v) is 2.85. The van der Waals surface area contributed by atoms with E-state index >= 15 is 0 Å². The quantitative estimate of drug-likeness (QED) is 0.805. The van der Waals surface area contributed by atoms with Crippen molar-refractivity contribution >= 4 is 22.6 Å². The maximum Gasteiger partial charge on any atom is 0.120 e. The molecule has 0 aliphatic heterocycles. The monoisotopic (exact) mass is 325 g/mol. The maximum atomic E-state index is 5.66. The lowest BCUT2D eigenvalue weighted by atomic mass is 10.2. The molecule has 0 amide bonds. The molecule has 82 valence electrons. The number of rotatable bonds is 4. The fourth-order valence-corrected chi connectivity index (χ4v) is 1.90. The predicted octanol–water partition coefficient (Wildman–Crippen LogP) is 3.31. The lowest BCUT2D eigenvalue weighted by molar-refractivity contribution is 0.321. The number of benzene rings is 1. The van der Waals surface area contributed by atoms with Gasteiger partial charge in [0.15, 0.2) is 0 Å². The van der Waals surface area contributed by atoms with Crippen LogP contribution >= 0.6 is 22.6 Å². The molecule has 0 unspecified atom stereocenters. The average Bonchev–Trinajstić information content (AvgIpc) is 2.30. The topological polar surface area (TPSA) is 22.1 Å². The summed E-state index contributed by atoms with van der Waals surface area (Å²) in [5.74, 6) is 0.927. The summed E-state index contributed by atoms with van der Waals surface area (Å²) < 4.78 is 6.85. The van der Waals surface area contributed by atoms with E-state index in [9.17, 15) is 0 Å². The Labute approximate surface area is 109 Å². The van der Waals surface area contributed by atoms with Crippen LogP contribution in [0, 0.1) is 3.57 Å². The van der Waals surface area contributed by atoms with Crippen LogP contribution in [0.4, 0.5) is 0 Å². The van der Waals surface area contributed by atoms with Crippen LogP contribution in [-0.4, -0.2) is 11.6 Å². The highest BCUT2D eigenvalue weighted by atomic mass is 127. The number of aromatic nitrogens is 1. The highest BCUT2D eigenvalue weighted by molar-refractivity contribution is 14.1. The van der Waals surface area contributed by atoms with Crippen LogP contribution in [-0.2, 0) is 6.42 Å². The molecule has 0 bridgehead atoms. The van der Waals surface area contributed by atoms with Gasteiger partial charge in [-0.3, -0.25) is 4.98 Å². The molecule has 1 aromatic heterocycles. The SMILES string of the molecule is Ic1cccc(OCCc2cccnc2)c1. The van der Waals surface area contributed by atoms with Gasteiger partial charge in [-0.25, -0.2) is 0 Å². The van der Waals surface area contributed by atoms with E-state index in [4.69, 9.17) is 4.74 Å². The molecule has 1 aromatic carbocycles. The molecule has 0 spiro atoms. The Morgan fingerprint density at radius 3 is 2.88 bits per heavy atom. The Hall–Kier alpha value is -1.10. The summed E-state index contributed by atoms with van der Waals surface area (Å²) in [5.41, 5.74) is 1.20. The van der Waals surface area contributed by atoms with E-state index in [0.29, 0.717) is 6.61 Å². The summed E-state index contributed by atoms with van der Waals surface area (Å²) in [7, 11) is 0. The van der Waals surface area contributed by atoms with Gasteiger partial charge in [0.05, 0.1) is 6.61 Å². The molecule has 2 aromatic rings. The van der Waals surface area contributed by atoms with E-state index in [1.807, 2.05) is 30.5 Å². The van der Waals surface area contributed by atoms with Gasteiger partial charge in [0, 0.05) is 22.4 Å². The first-order chi connectivity index (χ1) is 7.84. The first kappa shape index (κ1) is 11.4. The molecule has 3 heteroatoms. The van der Waals surface area contributed by atoms with Gasteiger partial charge in [-0.05, 0) is 52.4 Å². The Bertz CT molecular complexity index is 445. The minimum Gasteiger partial charge on any atom is -0.493 e. The van der Waals surface area contributed by atoms with Crippen molar-refractivity contribution in [1.29, 1.82) is 0 Å². The van der Waals surface area contributed by atoms with Crippen molar-refractivity contribution in [3.05, 3.63) is 57.9 Å². The lowest BCUT2D eigenvalue weighted by Gasteiger charge is -2.06. The van der Waals surface area contributed by atoms with E-state index in [1.54, 1.807) is 6.20 Å². The maximum absolute atomic E-state index is 5.66. The largest absolute Gasteiger partial charge is 0.493 e. The van der Waals surface area contributed by atoms with Gasteiger partial charge >= 0.3 is 0 Å². The zero-order valence-corrected chi connectivity index (χ0v) is 10.9. The molecule has 0 saturated carbocycles. The number of halogens is 1. The lowest BCUT2D eigenvalue weighted by Crippen LogP contribution is -2.01. The molecule has 2 nitrogen and oxygen atoms in total. The Morgan fingerprint density at radius 1 is 1.19 bits per heavy atom. The van der Waals surface area contributed by atoms with E-state index in [2.05, 4.69) is 39.7 Å². The summed E-state index contributed by atoms with van der Waals surface area (Å²) in [4.78, 5) is 4.07. The summed E-state index contributed by atoms with van der Waals surface area (Å²) >= 11 is 2.28. The van der Waals surface area contributed by atoms with Crippen LogP contribution in [0.5, 0.6) is 5.75 Å². The third-order valence-electron chi connectivity index (χ3n) is 2.18. The highest BCUT2D eigenvalue weighted by Gasteiger charge is 1.96. The van der Waals surface area contributed by atoms with Gasteiger partial charge in [-0.2, -0.15) is 0 Å². The molecular weight excluding hydrogens is 313 g/mol. The van der Waals surface area contributed by atoms with Crippen molar-refractivity contribution in [2.45, 2.75) is 6.42 Å². The van der Waals surface area contributed by atoms with Crippen LogP contribution in [0.25, 0.3) is 0 Å².